The summed E-state index contributed by atoms with van der Waals surface area (Å²) in [5, 5.41) is 1.29. The Bertz CT molecular complexity index is 718. The first-order valence-electron chi connectivity index (χ1n) is 6.86. The normalized spacial score (nSPS) is 18.6. The second-order valence-corrected chi connectivity index (χ2v) is 6.78. The average Bonchev–Trinajstić information content (AvgIpc) is 2.81. The third-order valence-corrected chi connectivity index (χ3v) is 4.70. The average molecular weight is 328 g/mol. The summed E-state index contributed by atoms with van der Waals surface area (Å²) in [5.74, 6) is -0.757. The van der Waals surface area contributed by atoms with Gasteiger partial charge in [-0.05, 0) is 31.5 Å². The number of hydrogen-bond donors (Lipinski definition) is 1. The van der Waals surface area contributed by atoms with Crippen LogP contribution in [0.15, 0.2) is 18.2 Å². The van der Waals surface area contributed by atoms with E-state index in [1.165, 1.54) is 11.0 Å². The van der Waals surface area contributed by atoms with E-state index in [1.54, 1.807) is 26.0 Å². The van der Waals surface area contributed by atoms with E-state index in [-0.39, 0.29) is 18.9 Å². The van der Waals surface area contributed by atoms with Crippen LogP contribution in [0.1, 0.15) is 29.3 Å². The number of hydrogen-bond acceptors (Lipinski definition) is 4. The zero-order valence-corrected chi connectivity index (χ0v) is 13.1. The first-order chi connectivity index (χ1) is 10.2. The molecule has 1 fully saturated rings. The molecule has 2 amide bonds. The Morgan fingerprint density at radius 1 is 1.45 bits per heavy atom. The molecule has 0 saturated carbocycles. The van der Waals surface area contributed by atoms with Gasteiger partial charge in [-0.2, -0.15) is 8.42 Å². The highest BCUT2D eigenvalue weighted by Gasteiger charge is 2.39. The number of carbonyl (C=O) groups excluding carboxylic acids is 2. The predicted octanol–water partition coefficient (Wildman–Crippen LogP) is 1.15. The van der Waals surface area contributed by atoms with Crippen molar-refractivity contribution in [1.29, 1.82) is 0 Å². The predicted molar refractivity (Wildman–Crippen MR) is 80.0 cm³/mol. The molecule has 2 rings (SSSR count). The highest BCUT2D eigenvalue weighted by Crippen LogP contribution is 2.29. The number of halogens is 1. The van der Waals surface area contributed by atoms with Crippen molar-refractivity contribution < 1.29 is 21.9 Å². The highest BCUT2D eigenvalue weighted by molar-refractivity contribution is 7.87. The van der Waals surface area contributed by atoms with Gasteiger partial charge in [-0.1, -0.05) is 6.07 Å². The lowest BCUT2D eigenvalue weighted by atomic mass is 10.1. The lowest BCUT2D eigenvalue weighted by molar-refractivity contribution is -0.117. The molecule has 1 atom stereocenters. The minimum Gasteiger partial charge on any atom is -0.352 e. The fourth-order valence-corrected chi connectivity index (χ4v) is 3.07. The molecular weight excluding hydrogens is 311 g/mol. The number of nitrogens with zero attached hydrogens (tertiary/aromatic N) is 1. The van der Waals surface area contributed by atoms with Gasteiger partial charge in [0.1, 0.15) is 5.25 Å². The monoisotopic (exact) mass is 328 g/mol. The smallest absolute Gasteiger partial charge is 0.307 e. The molecule has 1 aromatic rings. The number of carbonyl (C=O) groups is 2. The largest absolute Gasteiger partial charge is 0.352 e. The van der Waals surface area contributed by atoms with Crippen LogP contribution >= 0.6 is 0 Å². The standard InChI is InChI=1S/C14H17FN2O4S/c1-3-16-14(19)10-5-4-9(2)12(6-10)17-8-11(7-13(17)18)22(15,20)21/h4-6,11H,3,7-8H2,1-2H3,(H,16,19). The molecule has 6 nitrogen and oxygen atoms in total. The van der Waals surface area contributed by atoms with Crippen molar-refractivity contribution in [3.63, 3.8) is 0 Å². The summed E-state index contributed by atoms with van der Waals surface area (Å²) in [5.41, 5.74) is 1.50. The summed E-state index contributed by atoms with van der Waals surface area (Å²) in [6, 6.07) is 4.81. The van der Waals surface area contributed by atoms with Gasteiger partial charge in [0.25, 0.3) is 5.91 Å². The van der Waals surface area contributed by atoms with Crippen LogP contribution in [-0.2, 0) is 15.0 Å². The molecule has 0 bridgehead atoms. The summed E-state index contributed by atoms with van der Waals surface area (Å²) in [6.07, 6.45) is -0.385. The maximum atomic E-state index is 13.1. The van der Waals surface area contributed by atoms with Gasteiger partial charge in [-0.25, -0.2) is 0 Å². The van der Waals surface area contributed by atoms with E-state index < -0.39 is 21.4 Å². The molecule has 1 aromatic carbocycles. The number of rotatable bonds is 4. The van der Waals surface area contributed by atoms with Gasteiger partial charge < -0.3 is 10.2 Å². The van der Waals surface area contributed by atoms with Gasteiger partial charge in [0.05, 0.1) is 0 Å². The molecule has 1 N–H and O–H groups in total. The summed E-state index contributed by atoms with van der Waals surface area (Å²) >= 11 is 0. The maximum absolute atomic E-state index is 13.1. The molecule has 0 radical (unpaired) electrons. The molecule has 0 aromatic heterocycles. The zero-order valence-electron chi connectivity index (χ0n) is 12.3. The van der Waals surface area contributed by atoms with Crippen molar-refractivity contribution in [3.8, 4) is 0 Å². The number of amides is 2. The fraction of sp³-hybridized carbons (Fsp3) is 0.429. The Kier molecular flexibility index (Phi) is 4.50. The lowest BCUT2D eigenvalue weighted by Crippen LogP contribution is -2.28. The first-order valence-corrected chi connectivity index (χ1v) is 8.31. The van der Waals surface area contributed by atoms with E-state index >= 15 is 0 Å². The topological polar surface area (TPSA) is 83.6 Å². The number of anilines is 1. The van der Waals surface area contributed by atoms with E-state index in [0.717, 1.165) is 0 Å². The summed E-state index contributed by atoms with van der Waals surface area (Å²) in [6.45, 7) is 3.75. The number of aryl methyl sites for hydroxylation is 1. The second-order valence-electron chi connectivity index (χ2n) is 5.17. The minimum absolute atomic E-state index is 0.239. The van der Waals surface area contributed by atoms with E-state index in [0.29, 0.717) is 23.4 Å². The Labute approximate surface area is 128 Å². The third-order valence-electron chi connectivity index (χ3n) is 3.59. The van der Waals surface area contributed by atoms with Crippen molar-refractivity contribution in [2.24, 2.45) is 0 Å². The van der Waals surface area contributed by atoms with Crippen molar-refractivity contribution in [1.82, 2.24) is 5.32 Å². The Balaban J connectivity index is 2.34. The quantitative estimate of drug-likeness (QED) is 0.841. The van der Waals surface area contributed by atoms with E-state index in [4.69, 9.17) is 0 Å². The van der Waals surface area contributed by atoms with Crippen LogP contribution < -0.4 is 10.2 Å². The van der Waals surface area contributed by atoms with Gasteiger partial charge in [-0.15, -0.1) is 3.89 Å². The minimum atomic E-state index is -4.77. The zero-order chi connectivity index (χ0) is 16.5. The van der Waals surface area contributed by atoms with Gasteiger partial charge in [0, 0.05) is 30.8 Å². The van der Waals surface area contributed by atoms with E-state index in [2.05, 4.69) is 5.32 Å². The molecule has 1 aliphatic rings. The summed E-state index contributed by atoms with van der Waals surface area (Å²) in [4.78, 5) is 25.1. The van der Waals surface area contributed by atoms with E-state index in [9.17, 15) is 21.9 Å². The van der Waals surface area contributed by atoms with Crippen LogP contribution in [0, 0.1) is 6.92 Å². The molecule has 22 heavy (non-hydrogen) atoms. The van der Waals surface area contributed by atoms with Gasteiger partial charge in [-0.3, -0.25) is 9.59 Å². The molecule has 1 saturated heterocycles. The van der Waals surface area contributed by atoms with Gasteiger partial charge in [0.15, 0.2) is 0 Å². The Morgan fingerprint density at radius 3 is 2.68 bits per heavy atom. The van der Waals surface area contributed by atoms with Crippen LogP contribution in [0.25, 0.3) is 0 Å². The van der Waals surface area contributed by atoms with Crippen molar-refractivity contribution >= 4 is 27.7 Å². The van der Waals surface area contributed by atoms with Crippen LogP contribution in [-0.4, -0.2) is 38.6 Å². The van der Waals surface area contributed by atoms with Crippen molar-refractivity contribution in [2.45, 2.75) is 25.5 Å². The molecule has 1 heterocycles. The molecule has 1 unspecified atom stereocenters. The van der Waals surface area contributed by atoms with Crippen LogP contribution in [0.3, 0.4) is 0 Å². The Morgan fingerprint density at radius 2 is 2.14 bits per heavy atom. The molecule has 0 aliphatic carbocycles. The fourth-order valence-electron chi connectivity index (χ4n) is 2.40. The van der Waals surface area contributed by atoms with E-state index in [1.807, 2.05) is 0 Å². The molecule has 1 aliphatic heterocycles. The van der Waals surface area contributed by atoms with Gasteiger partial charge >= 0.3 is 10.2 Å². The number of benzene rings is 1. The van der Waals surface area contributed by atoms with Crippen LogP contribution in [0.5, 0.6) is 0 Å². The maximum Gasteiger partial charge on any atom is 0.307 e. The first kappa shape index (κ1) is 16.4. The second kappa shape index (κ2) is 6.04. The Hall–Kier alpha value is -1.96. The van der Waals surface area contributed by atoms with Gasteiger partial charge in [0.2, 0.25) is 5.91 Å². The van der Waals surface area contributed by atoms with Crippen molar-refractivity contribution in [2.75, 3.05) is 18.0 Å². The summed E-state index contributed by atoms with van der Waals surface area (Å²) < 4.78 is 35.1. The highest BCUT2D eigenvalue weighted by atomic mass is 32.3. The van der Waals surface area contributed by atoms with Crippen LogP contribution in [0.4, 0.5) is 9.57 Å². The molecular formula is C14H17FN2O4S. The van der Waals surface area contributed by atoms with Crippen molar-refractivity contribution in [3.05, 3.63) is 29.3 Å². The lowest BCUT2D eigenvalue weighted by Gasteiger charge is -2.19. The molecule has 8 heteroatoms. The summed E-state index contributed by atoms with van der Waals surface area (Å²) in [7, 11) is -4.77. The SMILES string of the molecule is CCNC(=O)c1ccc(C)c(N2CC(S(=O)(=O)F)CC2=O)c1. The van der Waals surface area contributed by atoms with Crippen LogP contribution in [0.2, 0.25) is 0 Å². The molecule has 0 spiro atoms. The number of nitrogens with one attached hydrogen (secondary N) is 1. The molecule has 120 valence electrons. The third kappa shape index (κ3) is 3.27.